The van der Waals surface area contributed by atoms with Crippen molar-refractivity contribution in [2.45, 2.75) is 25.8 Å². The Bertz CT molecular complexity index is 333. The quantitative estimate of drug-likeness (QED) is 0.714. The Morgan fingerprint density at radius 3 is 2.35 bits per heavy atom. The first kappa shape index (κ1) is 13.3. The van der Waals surface area contributed by atoms with Crippen molar-refractivity contribution in [3.05, 3.63) is 0 Å². The summed E-state index contributed by atoms with van der Waals surface area (Å²) in [4.78, 5) is 4.91. The molecule has 1 N–H and O–H groups in total. The standard InChI is InChI=1S/C11H23N3O2S/c1-2-17(15,16)12-5-6-13-7-9-14(10-8-13)11-3-4-11/h11-12H,2-10H2,1H3. The molecule has 0 bridgehead atoms. The molecule has 0 atom stereocenters. The highest BCUT2D eigenvalue weighted by Gasteiger charge is 2.30. The SMILES string of the molecule is CCS(=O)(=O)NCCN1CCN(C2CC2)CC1. The predicted molar refractivity (Wildman–Crippen MR) is 68.5 cm³/mol. The fraction of sp³-hybridized carbons (Fsp3) is 1.00. The first-order valence-corrected chi connectivity index (χ1v) is 8.19. The van der Waals surface area contributed by atoms with Gasteiger partial charge in [-0.05, 0) is 19.8 Å². The Labute approximate surface area is 104 Å². The minimum atomic E-state index is -3.02. The second-order valence-corrected chi connectivity index (χ2v) is 7.00. The van der Waals surface area contributed by atoms with Gasteiger partial charge in [-0.1, -0.05) is 0 Å². The fourth-order valence-electron chi connectivity index (χ4n) is 2.25. The maximum Gasteiger partial charge on any atom is 0.211 e. The van der Waals surface area contributed by atoms with Gasteiger partial charge in [-0.15, -0.1) is 0 Å². The van der Waals surface area contributed by atoms with Gasteiger partial charge in [0.05, 0.1) is 5.75 Å². The van der Waals surface area contributed by atoms with E-state index in [0.29, 0.717) is 6.54 Å². The molecule has 2 fully saturated rings. The molecule has 17 heavy (non-hydrogen) atoms. The average Bonchev–Trinajstić information content (AvgIpc) is 3.14. The third-order valence-electron chi connectivity index (χ3n) is 3.60. The van der Waals surface area contributed by atoms with E-state index in [1.54, 1.807) is 6.92 Å². The first-order chi connectivity index (χ1) is 8.11. The van der Waals surface area contributed by atoms with E-state index in [1.807, 2.05) is 0 Å². The Balaban J connectivity index is 1.61. The maximum absolute atomic E-state index is 11.3. The second-order valence-electron chi connectivity index (χ2n) is 4.91. The van der Waals surface area contributed by atoms with E-state index in [9.17, 15) is 8.42 Å². The van der Waals surface area contributed by atoms with Crippen LogP contribution in [0.25, 0.3) is 0 Å². The lowest BCUT2D eigenvalue weighted by Gasteiger charge is -2.34. The molecule has 0 spiro atoms. The van der Waals surface area contributed by atoms with E-state index in [4.69, 9.17) is 0 Å². The van der Waals surface area contributed by atoms with Crippen molar-refractivity contribution >= 4 is 10.0 Å². The van der Waals surface area contributed by atoms with Crippen LogP contribution < -0.4 is 4.72 Å². The van der Waals surface area contributed by atoms with Gasteiger partial charge in [0.2, 0.25) is 10.0 Å². The van der Waals surface area contributed by atoms with Crippen LogP contribution in [0.4, 0.5) is 0 Å². The highest BCUT2D eigenvalue weighted by Crippen LogP contribution is 2.27. The van der Waals surface area contributed by atoms with Gasteiger partial charge in [-0.3, -0.25) is 9.80 Å². The van der Waals surface area contributed by atoms with Crippen molar-refractivity contribution in [1.82, 2.24) is 14.5 Å². The summed E-state index contributed by atoms with van der Waals surface area (Å²) < 4.78 is 25.1. The van der Waals surface area contributed by atoms with E-state index in [2.05, 4.69) is 14.5 Å². The summed E-state index contributed by atoms with van der Waals surface area (Å²) in [5.41, 5.74) is 0. The topological polar surface area (TPSA) is 52.7 Å². The molecule has 1 aliphatic heterocycles. The zero-order valence-corrected chi connectivity index (χ0v) is 11.4. The van der Waals surface area contributed by atoms with E-state index >= 15 is 0 Å². The molecular weight excluding hydrogens is 238 g/mol. The van der Waals surface area contributed by atoms with Crippen molar-refractivity contribution < 1.29 is 8.42 Å². The molecule has 1 saturated heterocycles. The third kappa shape index (κ3) is 4.21. The molecule has 0 aromatic heterocycles. The van der Waals surface area contributed by atoms with Gasteiger partial charge in [0, 0.05) is 45.3 Å². The normalized spacial score (nSPS) is 24.1. The molecule has 0 unspecified atom stereocenters. The van der Waals surface area contributed by atoms with Crippen molar-refractivity contribution in [1.29, 1.82) is 0 Å². The van der Waals surface area contributed by atoms with Crippen LogP contribution in [0.5, 0.6) is 0 Å². The molecule has 100 valence electrons. The van der Waals surface area contributed by atoms with Gasteiger partial charge in [0.1, 0.15) is 0 Å². The second kappa shape index (κ2) is 5.65. The van der Waals surface area contributed by atoms with Crippen LogP contribution in [0.15, 0.2) is 0 Å². The molecule has 0 aromatic carbocycles. The van der Waals surface area contributed by atoms with Crippen LogP contribution in [-0.4, -0.2) is 69.3 Å². The summed E-state index contributed by atoms with van der Waals surface area (Å²) >= 11 is 0. The maximum atomic E-state index is 11.3. The van der Waals surface area contributed by atoms with E-state index in [-0.39, 0.29) is 5.75 Å². The van der Waals surface area contributed by atoms with Gasteiger partial charge >= 0.3 is 0 Å². The van der Waals surface area contributed by atoms with Crippen LogP contribution in [0.2, 0.25) is 0 Å². The van der Waals surface area contributed by atoms with Crippen LogP contribution in [0, 0.1) is 0 Å². The number of hydrogen-bond acceptors (Lipinski definition) is 4. The molecule has 0 aromatic rings. The summed E-state index contributed by atoms with van der Waals surface area (Å²) in [6.07, 6.45) is 2.74. The highest BCUT2D eigenvalue weighted by molar-refractivity contribution is 7.89. The number of piperazine rings is 1. The minimum Gasteiger partial charge on any atom is -0.299 e. The van der Waals surface area contributed by atoms with Crippen LogP contribution in [0.1, 0.15) is 19.8 Å². The summed E-state index contributed by atoms with van der Waals surface area (Å²) in [6, 6.07) is 0.857. The number of sulfonamides is 1. The zero-order chi connectivity index (χ0) is 12.3. The van der Waals surface area contributed by atoms with Gasteiger partial charge in [-0.2, -0.15) is 0 Å². The molecule has 2 aliphatic rings. The number of nitrogens with zero attached hydrogens (tertiary/aromatic N) is 2. The molecule has 1 aliphatic carbocycles. The number of nitrogens with one attached hydrogen (secondary N) is 1. The molecule has 2 rings (SSSR count). The highest BCUT2D eigenvalue weighted by atomic mass is 32.2. The smallest absolute Gasteiger partial charge is 0.211 e. The van der Waals surface area contributed by atoms with Crippen molar-refractivity contribution in [2.75, 3.05) is 45.0 Å². The van der Waals surface area contributed by atoms with E-state index in [0.717, 1.165) is 38.8 Å². The van der Waals surface area contributed by atoms with E-state index in [1.165, 1.54) is 12.8 Å². The average molecular weight is 261 g/mol. The molecule has 1 heterocycles. The number of rotatable bonds is 6. The van der Waals surface area contributed by atoms with Gasteiger partial charge in [0.15, 0.2) is 0 Å². The Morgan fingerprint density at radius 2 is 1.82 bits per heavy atom. The molecule has 5 nitrogen and oxygen atoms in total. The lowest BCUT2D eigenvalue weighted by molar-refractivity contribution is 0.128. The zero-order valence-electron chi connectivity index (χ0n) is 10.6. The minimum absolute atomic E-state index is 0.169. The fourth-order valence-corrected chi connectivity index (χ4v) is 2.86. The summed E-state index contributed by atoms with van der Waals surface area (Å²) in [7, 11) is -3.02. The molecular formula is C11H23N3O2S. The first-order valence-electron chi connectivity index (χ1n) is 6.54. The van der Waals surface area contributed by atoms with Crippen LogP contribution >= 0.6 is 0 Å². The van der Waals surface area contributed by atoms with Crippen LogP contribution in [-0.2, 0) is 10.0 Å². The Kier molecular flexibility index (Phi) is 4.41. The number of hydrogen-bond donors (Lipinski definition) is 1. The van der Waals surface area contributed by atoms with Crippen LogP contribution in [0.3, 0.4) is 0 Å². The third-order valence-corrected chi connectivity index (χ3v) is 5.00. The largest absolute Gasteiger partial charge is 0.299 e. The predicted octanol–water partition coefficient (Wildman–Crippen LogP) is -0.294. The summed E-state index contributed by atoms with van der Waals surface area (Å²) in [5, 5.41) is 0. The van der Waals surface area contributed by atoms with Gasteiger partial charge < -0.3 is 0 Å². The monoisotopic (exact) mass is 261 g/mol. The van der Waals surface area contributed by atoms with Crippen molar-refractivity contribution in [3.63, 3.8) is 0 Å². The molecule has 6 heteroatoms. The summed E-state index contributed by atoms with van der Waals surface area (Å²) in [6.45, 7) is 7.47. The van der Waals surface area contributed by atoms with Crippen molar-refractivity contribution in [2.24, 2.45) is 0 Å². The molecule has 0 amide bonds. The Hall–Kier alpha value is -0.170. The van der Waals surface area contributed by atoms with Gasteiger partial charge in [-0.25, -0.2) is 13.1 Å². The molecule has 1 saturated carbocycles. The summed E-state index contributed by atoms with van der Waals surface area (Å²) in [5.74, 6) is 0.169. The lowest BCUT2D eigenvalue weighted by Crippen LogP contribution is -2.49. The lowest BCUT2D eigenvalue weighted by atomic mass is 10.3. The molecule has 0 radical (unpaired) electrons. The Morgan fingerprint density at radius 1 is 1.18 bits per heavy atom. The van der Waals surface area contributed by atoms with Crippen molar-refractivity contribution in [3.8, 4) is 0 Å². The van der Waals surface area contributed by atoms with E-state index < -0.39 is 10.0 Å². The van der Waals surface area contributed by atoms with Gasteiger partial charge in [0.25, 0.3) is 0 Å².